The molecule has 19 heavy (non-hydrogen) atoms. The molecule has 0 spiro atoms. The summed E-state index contributed by atoms with van der Waals surface area (Å²) in [4.78, 5) is 11.8. The number of aliphatic hydroxyl groups is 1. The Labute approximate surface area is 121 Å². The van der Waals surface area contributed by atoms with E-state index in [-0.39, 0.29) is 24.6 Å². The summed E-state index contributed by atoms with van der Waals surface area (Å²) in [5.74, 6) is 0.117. The maximum atomic E-state index is 11.8. The predicted octanol–water partition coefficient (Wildman–Crippen LogP) is 3.05. The fraction of sp³-hybridized carbons (Fsp3) is 0.308. The van der Waals surface area contributed by atoms with E-state index < -0.39 is 0 Å². The van der Waals surface area contributed by atoms with Crippen LogP contribution in [0.1, 0.15) is 6.42 Å². The molecule has 0 saturated heterocycles. The van der Waals surface area contributed by atoms with Gasteiger partial charge in [-0.1, -0.05) is 35.4 Å². The minimum absolute atomic E-state index is 0.0631. The van der Waals surface area contributed by atoms with E-state index in [1.54, 1.807) is 18.2 Å². The second-order valence-electron chi connectivity index (χ2n) is 4.43. The van der Waals surface area contributed by atoms with Crippen molar-refractivity contribution in [2.45, 2.75) is 12.5 Å². The van der Waals surface area contributed by atoms with Gasteiger partial charge in [0.2, 0.25) is 0 Å². The first-order valence-corrected chi connectivity index (χ1v) is 6.65. The molecule has 3 N–H and O–H groups in total. The Morgan fingerprint density at radius 1 is 1.26 bits per heavy atom. The van der Waals surface area contributed by atoms with Crippen LogP contribution in [0.5, 0.6) is 0 Å². The third-order valence-electron chi connectivity index (χ3n) is 2.84. The second-order valence-corrected chi connectivity index (χ2v) is 5.30. The van der Waals surface area contributed by atoms with Crippen LogP contribution >= 0.6 is 23.2 Å². The molecule has 1 aromatic rings. The summed E-state index contributed by atoms with van der Waals surface area (Å²) in [6.07, 6.45) is 4.49. The summed E-state index contributed by atoms with van der Waals surface area (Å²) in [7, 11) is 0. The highest BCUT2D eigenvalue weighted by molar-refractivity contribution is 6.35. The van der Waals surface area contributed by atoms with Gasteiger partial charge in [0, 0.05) is 34.3 Å². The molecule has 4 nitrogen and oxygen atoms in total. The van der Waals surface area contributed by atoms with Crippen molar-refractivity contribution in [1.29, 1.82) is 0 Å². The molecule has 6 heteroatoms. The molecule has 1 aromatic carbocycles. The van der Waals surface area contributed by atoms with Crippen molar-refractivity contribution in [1.82, 2.24) is 5.32 Å². The summed E-state index contributed by atoms with van der Waals surface area (Å²) in [5, 5.41) is 15.4. The van der Waals surface area contributed by atoms with E-state index in [2.05, 4.69) is 10.6 Å². The van der Waals surface area contributed by atoms with Gasteiger partial charge in [0.05, 0.1) is 0 Å². The Balaban J connectivity index is 1.89. The molecule has 2 rings (SSSR count). The smallest absolute Gasteiger partial charge is 0.319 e. The van der Waals surface area contributed by atoms with Crippen molar-refractivity contribution in [2.24, 2.45) is 5.92 Å². The Hall–Kier alpha value is -1.23. The minimum Gasteiger partial charge on any atom is -0.396 e. The Morgan fingerprint density at radius 2 is 1.95 bits per heavy atom. The number of aliphatic hydroxyl groups excluding tert-OH is 1. The molecule has 1 aliphatic rings. The predicted molar refractivity (Wildman–Crippen MR) is 76.7 cm³/mol. The molecule has 0 fully saturated rings. The van der Waals surface area contributed by atoms with Gasteiger partial charge < -0.3 is 15.7 Å². The zero-order chi connectivity index (χ0) is 13.8. The number of carbonyl (C=O) groups is 1. The molecule has 0 bridgehead atoms. The molecule has 2 atom stereocenters. The molecule has 1 aliphatic carbocycles. The standard InChI is InChI=1S/C13H14Cl2N2O2/c14-9-4-10(15)6-12(5-9)17-13(19)16-11-2-1-8(3-11)7-18/h1-2,4-6,8,11,18H,3,7H2,(H2,16,17,19)/t8-,11+/m0/s1. The van der Waals surface area contributed by atoms with Crippen LogP contribution in [0.25, 0.3) is 0 Å². The van der Waals surface area contributed by atoms with Gasteiger partial charge in [-0.15, -0.1) is 0 Å². The van der Waals surface area contributed by atoms with Crippen LogP contribution in [0, 0.1) is 5.92 Å². The number of nitrogens with one attached hydrogen (secondary N) is 2. The number of amides is 2. The number of anilines is 1. The fourth-order valence-corrected chi connectivity index (χ4v) is 2.50. The molecular formula is C13H14Cl2N2O2. The van der Waals surface area contributed by atoms with E-state index in [1.807, 2.05) is 12.2 Å². The van der Waals surface area contributed by atoms with Crippen LogP contribution in [0.15, 0.2) is 30.4 Å². The molecule has 0 heterocycles. The van der Waals surface area contributed by atoms with Gasteiger partial charge in [-0.05, 0) is 24.6 Å². The lowest BCUT2D eigenvalue weighted by Crippen LogP contribution is -2.36. The molecule has 0 radical (unpaired) electrons. The quantitative estimate of drug-likeness (QED) is 0.751. The van der Waals surface area contributed by atoms with Gasteiger partial charge in [-0.3, -0.25) is 0 Å². The molecule has 0 saturated carbocycles. The maximum Gasteiger partial charge on any atom is 0.319 e. The minimum atomic E-state index is -0.327. The van der Waals surface area contributed by atoms with Crippen molar-refractivity contribution in [3.8, 4) is 0 Å². The largest absolute Gasteiger partial charge is 0.396 e. The van der Waals surface area contributed by atoms with Crippen molar-refractivity contribution < 1.29 is 9.90 Å². The fourth-order valence-electron chi connectivity index (χ4n) is 1.98. The average molecular weight is 301 g/mol. The van der Waals surface area contributed by atoms with E-state index >= 15 is 0 Å². The molecule has 0 aromatic heterocycles. The number of halogens is 2. The average Bonchev–Trinajstić information content (AvgIpc) is 2.74. The number of hydrogen-bond acceptors (Lipinski definition) is 2. The highest BCUT2D eigenvalue weighted by atomic mass is 35.5. The molecule has 2 amide bonds. The first kappa shape index (κ1) is 14.2. The van der Waals surface area contributed by atoms with Gasteiger partial charge in [0.25, 0.3) is 0 Å². The monoisotopic (exact) mass is 300 g/mol. The summed E-state index contributed by atoms with van der Waals surface area (Å²) in [6, 6.07) is 4.44. The molecular weight excluding hydrogens is 287 g/mol. The van der Waals surface area contributed by atoms with Crippen molar-refractivity contribution in [3.63, 3.8) is 0 Å². The first-order chi connectivity index (χ1) is 9.06. The van der Waals surface area contributed by atoms with Gasteiger partial charge >= 0.3 is 6.03 Å². The lowest BCUT2D eigenvalue weighted by molar-refractivity contribution is 0.238. The Morgan fingerprint density at radius 3 is 2.53 bits per heavy atom. The zero-order valence-corrected chi connectivity index (χ0v) is 11.6. The van der Waals surface area contributed by atoms with Crippen molar-refractivity contribution >= 4 is 34.9 Å². The van der Waals surface area contributed by atoms with E-state index in [4.69, 9.17) is 28.3 Å². The van der Waals surface area contributed by atoms with E-state index in [0.717, 1.165) is 0 Å². The van der Waals surface area contributed by atoms with Gasteiger partial charge in [0.15, 0.2) is 0 Å². The topological polar surface area (TPSA) is 61.4 Å². The molecule has 102 valence electrons. The van der Waals surface area contributed by atoms with E-state index in [1.165, 1.54) is 0 Å². The van der Waals surface area contributed by atoms with E-state index in [9.17, 15) is 4.79 Å². The number of carbonyl (C=O) groups excluding carboxylic acids is 1. The lowest BCUT2D eigenvalue weighted by Gasteiger charge is -2.13. The third-order valence-corrected chi connectivity index (χ3v) is 3.28. The van der Waals surface area contributed by atoms with Gasteiger partial charge in [-0.25, -0.2) is 4.79 Å². The number of rotatable bonds is 3. The number of hydrogen-bond donors (Lipinski definition) is 3. The first-order valence-electron chi connectivity index (χ1n) is 5.89. The van der Waals surface area contributed by atoms with Crippen LogP contribution in [-0.4, -0.2) is 23.8 Å². The third kappa shape index (κ3) is 4.13. The van der Waals surface area contributed by atoms with Gasteiger partial charge in [-0.2, -0.15) is 0 Å². The summed E-state index contributed by atoms with van der Waals surface area (Å²) in [6.45, 7) is 0.0974. The van der Waals surface area contributed by atoms with E-state index in [0.29, 0.717) is 22.2 Å². The molecule has 0 unspecified atom stereocenters. The summed E-state index contributed by atoms with van der Waals surface area (Å²) >= 11 is 11.7. The Bertz CT molecular complexity index is 485. The Kier molecular flexibility index (Phi) is 4.69. The second kappa shape index (κ2) is 6.28. The van der Waals surface area contributed by atoms with Crippen LogP contribution in [0.4, 0.5) is 10.5 Å². The van der Waals surface area contributed by atoms with Crippen molar-refractivity contribution in [2.75, 3.05) is 11.9 Å². The van der Waals surface area contributed by atoms with Crippen LogP contribution in [0.3, 0.4) is 0 Å². The zero-order valence-electron chi connectivity index (χ0n) is 10.1. The number of benzene rings is 1. The van der Waals surface area contributed by atoms with Crippen LogP contribution in [0.2, 0.25) is 10.0 Å². The highest BCUT2D eigenvalue weighted by Gasteiger charge is 2.19. The van der Waals surface area contributed by atoms with Gasteiger partial charge in [0.1, 0.15) is 0 Å². The maximum absolute atomic E-state index is 11.8. The summed E-state index contributed by atoms with van der Waals surface area (Å²) in [5.41, 5.74) is 0.538. The van der Waals surface area contributed by atoms with Crippen LogP contribution < -0.4 is 10.6 Å². The lowest BCUT2D eigenvalue weighted by atomic mass is 10.1. The molecule has 0 aliphatic heterocycles. The van der Waals surface area contributed by atoms with Crippen molar-refractivity contribution in [3.05, 3.63) is 40.4 Å². The van der Waals surface area contributed by atoms with Crippen LogP contribution in [-0.2, 0) is 0 Å². The normalized spacial score (nSPS) is 21.4. The highest BCUT2D eigenvalue weighted by Crippen LogP contribution is 2.22. The number of urea groups is 1. The summed E-state index contributed by atoms with van der Waals surface area (Å²) < 4.78 is 0. The SMILES string of the molecule is O=C(Nc1cc(Cl)cc(Cl)c1)N[C@@H]1C=C[C@H](CO)C1.